The van der Waals surface area contributed by atoms with Crippen molar-refractivity contribution < 1.29 is 19.4 Å². The predicted molar refractivity (Wildman–Crippen MR) is 126 cm³/mol. The average Bonchev–Trinajstić information content (AvgIpc) is 2.78. The van der Waals surface area contributed by atoms with E-state index in [0.717, 1.165) is 24.2 Å². The summed E-state index contributed by atoms with van der Waals surface area (Å²) in [6, 6.07) is 14.7. The van der Waals surface area contributed by atoms with Crippen LogP contribution in [0.5, 0.6) is 5.75 Å². The summed E-state index contributed by atoms with van der Waals surface area (Å²) in [6.07, 6.45) is 6.16. The maximum atomic E-state index is 12.4. The number of hydrogen-bond donors (Lipinski definition) is 2. The van der Waals surface area contributed by atoms with Gasteiger partial charge in [-0.3, -0.25) is 4.79 Å². The zero-order valence-electron chi connectivity index (χ0n) is 18.5. The summed E-state index contributed by atoms with van der Waals surface area (Å²) in [6.45, 7) is 2.89. The molecular formula is C24H36N2O4S. The molecule has 0 bridgehead atoms. The van der Waals surface area contributed by atoms with Crippen molar-refractivity contribution in [2.24, 2.45) is 0 Å². The number of carbonyl (C=O) groups is 1. The van der Waals surface area contributed by atoms with Crippen LogP contribution < -0.4 is 14.8 Å². The number of amides is 1. The molecule has 172 valence electrons. The second-order valence-electron chi connectivity index (χ2n) is 7.52. The number of carbonyl (C=O) groups excluding carboxylic acids is 1. The maximum Gasteiger partial charge on any atom is 0.240 e. The van der Waals surface area contributed by atoms with Crippen LogP contribution in [0.25, 0.3) is 0 Å². The molecule has 0 aliphatic heterocycles. The lowest BCUT2D eigenvalue weighted by Gasteiger charge is -2.09. The summed E-state index contributed by atoms with van der Waals surface area (Å²) in [5.74, 6) is 0.746. The molecule has 31 heavy (non-hydrogen) atoms. The Labute approximate surface area is 187 Å². The van der Waals surface area contributed by atoms with Crippen LogP contribution in [0.2, 0.25) is 0 Å². The minimum absolute atomic E-state index is 0. The van der Waals surface area contributed by atoms with Gasteiger partial charge in [-0.15, -0.1) is 0 Å². The molecule has 0 heterocycles. The second-order valence-corrected chi connectivity index (χ2v) is 9.28. The third kappa shape index (κ3) is 9.11. The van der Waals surface area contributed by atoms with Crippen molar-refractivity contribution in [3.05, 3.63) is 59.7 Å². The smallest absolute Gasteiger partial charge is 0.240 e. The predicted octanol–water partition coefficient (Wildman–Crippen LogP) is 4.09. The highest BCUT2D eigenvalue weighted by Gasteiger charge is 2.13. The number of hydrogen-bond acceptors (Lipinski definition) is 4. The van der Waals surface area contributed by atoms with Crippen molar-refractivity contribution >= 4 is 15.9 Å². The van der Waals surface area contributed by atoms with Crippen LogP contribution in [0.1, 0.15) is 51.6 Å². The standard InChI is InChI=1S/C24H34N2O4S.H2/c1-3-4-5-7-20-10-15-23(16-11-20)31(28,29)26-18-6-19-30-22-13-8-21(9-14-22)12-17-24(27)25-2;/h8-11,13-16,26H,3-7,12,17-19H2,1-2H3,(H,25,27);1H. The van der Waals surface area contributed by atoms with E-state index >= 15 is 0 Å². The molecule has 1 amide bonds. The summed E-state index contributed by atoms with van der Waals surface area (Å²) in [5, 5.41) is 2.61. The molecule has 2 N–H and O–H groups in total. The number of aryl methyl sites for hydroxylation is 2. The van der Waals surface area contributed by atoms with Gasteiger partial charge in [0, 0.05) is 21.4 Å². The summed E-state index contributed by atoms with van der Waals surface area (Å²) < 4.78 is 33.2. The first kappa shape index (κ1) is 24.9. The van der Waals surface area contributed by atoms with Crippen LogP contribution in [-0.2, 0) is 27.7 Å². The van der Waals surface area contributed by atoms with Gasteiger partial charge < -0.3 is 10.1 Å². The van der Waals surface area contributed by atoms with Crippen molar-refractivity contribution in [3.8, 4) is 5.75 Å². The molecule has 2 rings (SSSR count). The first-order valence-corrected chi connectivity index (χ1v) is 12.4. The number of sulfonamides is 1. The topological polar surface area (TPSA) is 84.5 Å². The van der Waals surface area contributed by atoms with Gasteiger partial charge in [-0.2, -0.15) is 0 Å². The first-order chi connectivity index (χ1) is 14.9. The Morgan fingerprint density at radius 2 is 1.58 bits per heavy atom. The zero-order valence-corrected chi connectivity index (χ0v) is 19.3. The summed E-state index contributed by atoms with van der Waals surface area (Å²) >= 11 is 0. The molecule has 2 aromatic rings. The monoisotopic (exact) mass is 448 g/mol. The highest BCUT2D eigenvalue weighted by Crippen LogP contribution is 2.15. The van der Waals surface area contributed by atoms with Crippen molar-refractivity contribution in [1.82, 2.24) is 10.0 Å². The van der Waals surface area contributed by atoms with Gasteiger partial charge in [-0.1, -0.05) is 44.0 Å². The molecule has 0 aliphatic carbocycles. The molecule has 0 saturated carbocycles. The molecule has 0 radical (unpaired) electrons. The lowest BCUT2D eigenvalue weighted by atomic mass is 10.1. The molecule has 0 saturated heterocycles. The van der Waals surface area contributed by atoms with E-state index < -0.39 is 10.0 Å². The fourth-order valence-corrected chi connectivity index (χ4v) is 4.18. The minimum atomic E-state index is -3.51. The van der Waals surface area contributed by atoms with Crippen LogP contribution in [0, 0.1) is 0 Å². The van der Waals surface area contributed by atoms with Gasteiger partial charge >= 0.3 is 0 Å². The normalized spacial score (nSPS) is 11.3. The Bertz CT molecular complexity index is 901. The SMILES string of the molecule is CCCCCc1ccc(S(=O)(=O)NCCCOc2ccc(CCC(=O)NC)cc2)cc1.[HH]. The summed E-state index contributed by atoms with van der Waals surface area (Å²) in [7, 11) is -1.88. The Kier molecular flexibility index (Phi) is 10.5. The van der Waals surface area contributed by atoms with Gasteiger partial charge in [0.15, 0.2) is 0 Å². The van der Waals surface area contributed by atoms with Crippen LogP contribution in [0.15, 0.2) is 53.4 Å². The van der Waals surface area contributed by atoms with Gasteiger partial charge in [0.05, 0.1) is 11.5 Å². The minimum Gasteiger partial charge on any atom is -0.494 e. The van der Waals surface area contributed by atoms with Gasteiger partial charge in [0.1, 0.15) is 5.75 Å². The van der Waals surface area contributed by atoms with Crippen LogP contribution in [-0.4, -0.2) is 34.5 Å². The molecule has 0 atom stereocenters. The van der Waals surface area contributed by atoms with Crippen LogP contribution in [0.4, 0.5) is 0 Å². The Hall–Kier alpha value is -2.38. The molecule has 7 heteroatoms. The Balaban J connectivity index is 0.00000512. The molecule has 0 aromatic heterocycles. The number of rotatable bonds is 14. The van der Waals surface area contributed by atoms with E-state index in [1.54, 1.807) is 19.2 Å². The highest BCUT2D eigenvalue weighted by atomic mass is 32.2. The van der Waals surface area contributed by atoms with Crippen molar-refractivity contribution in [2.45, 2.75) is 56.8 Å². The van der Waals surface area contributed by atoms with Gasteiger partial charge in [0.2, 0.25) is 15.9 Å². The molecule has 0 unspecified atom stereocenters. The first-order valence-electron chi connectivity index (χ1n) is 11.0. The molecule has 2 aromatic carbocycles. The van der Waals surface area contributed by atoms with Crippen LogP contribution in [0.3, 0.4) is 0 Å². The highest BCUT2D eigenvalue weighted by molar-refractivity contribution is 7.89. The zero-order chi connectivity index (χ0) is 22.5. The number of benzene rings is 2. The van der Waals surface area contributed by atoms with Crippen molar-refractivity contribution in [3.63, 3.8) is 0 Å². The average molecular weight is 449 g/mol. The third-order valence-corrected chi connectivity index (χ3v) is 6.50. The summed E-state index contributed by atoms with van der Waals surface area (Å²) in [4.78, 5) is 11.6. The molecule has 0 fully saturated rings. The third-order valence-electron chi connectivity index (χ3n) is 5.03. The molecule has 0 spiro atoms. The second kappa shape index (κ2) is 13.1. The van der Waals surface area contributed by atoms with Gasteiger partial charge in [0.25, 0.3) is 0 Å². The van der Waals surface area contributed by atoms with Crippen molar-refractivity contribution in [2.75, 3.05) is 20.2 Å². The van der Waals surface area contributed by atoms with E-state index in [-0.39, 0.29) is 7.33 Å². The van der Waals surface area contributed by atoms with E-state index in [2.05, 4.69) is 17.0 Å². The van der Waals surface area contributed by atoms with E-state index in [9.17, 15) is 13.2 Å². The Morgan fingerprint density at radius 1 is 0.935 bits per heavy atom. The number of ether oxygens (including phenoxy) is 1. The number of nitrogens with one attached hydrogen (secondary N) is 2. The van der Waals surface area contributed by atoms with Gasteiger partial charge in [-0.05, 0) is 61.1 Å². The maximum absolute atomic E-state index is 12.4. The lowest BCUT2D eigenvalue weighted by Crippen LogP contribution is -2.25. The van der Waals surface area contributed by atoms with Crippen LogP contribution >= 0.6 is 0 Å². The van der Waals surface area contributed by atoms with E-state index in [4.69, 9.17) is 4.74 Å². The van der Waals surface area contributed by atoms with E-state index in [1.807, 2.05) is 36.4 Å². The Morgan fingerprint density at radius 3 is 2.23 bits per heavy atom. The molecule has 6 nitrogen and oxygen atoms in total. The lowest BCUT2D eigenvalue weighted by molar-refractivity contribution is -0.120. The fourth-order valence-electron chi connectivity index (χ4n) is 3.10. The quantitative estimate of drug-likeness (QED) is 0.426. The fraction of sp³-hybridized carbons (Fsp3) is 0.458. The molecular weight excluding hydrogens is 412 g/mol. The van der Waals surface area contributed by atoms with E-state index in [1.165, 1.54) is 18.4 Å². The number of unbranched alkanes of at least 4 members (excludes halogenated alkanes) is 2. The van der Waals surface area contributed by atoms with E-state index in [0.29, 0.717) is 37.3 Å². The largest absolute Gasteiger partial charge is 0.494 e. The van der Waals surface area contributed by atoms with Gasteiger partial charge in [-0.25, -0.2) is 13.1 Å². The molecule has 0 aliphatic rings. The van der Waals surface area contributed by atoms with Crippen molar-refractivity contribution in [1.29, 1.82) is 0 Å². The summed E-state index contributed by atoms with van der Waals surface area (Å²) in [5.41, 5.74) is 2.24.